The number of aliphatic hydroxyl groups is 1. The van der Waals surface area contributed by atoms with E-state index >= 15 is 0 Å². The summed E-state index contributed by atoms with van der Waals surface area (Å²) in [5.74, 6) is -1.07. The number of urea groups is 1. The van der Waals surface area contributed by atoms with Gasteiger partial charge in [0.15, 0.2) is 0 Å². The molecular weight excluding hydrogens is 188 g/mol. The number of carbonyl (C=O) groups is 2. The molecule has 0 aliphatic heterocycles. The zero-order chi connectivity index (χ0) is 10.6. The van der Waals surface area contributed by atoms with E-state index in [2.05, 4.69) is 5.32 Å². The van der Waals surface area contributed by atoms with Gasteiger partial charge in [-0.2, -0.15) is 0 Å². The van der Waals surface area contributed by atoms with E-state index in [4.69, 9.17) is 10.2 Å². The summed E-state index contributed by atoms with van der Waals surface area (Å²) in [7, 11) is 0. The van der Waals surface area contributed by atoms with Crippen molar-refractivity contribution < 1.29 is 19.8 Å². The number of aliphatic hydroxyl groups excluding tert-OH is 1. The maximum absolute atomic E-state index is 11.4. The summed E-state index contributed by atoms with van der Waals surface area (Å²) in [6.07, 6.45) is 1.86. The van der Waals surface area contributed by atoms with Gasteiger partial charge in [0.1, 0.15) is 6.54 Å². The normalized spacial score (nSPS) is 14.9. The summed E-state index contributed by atoms with van der Waals surface area (Å²) in [5, 5.41) is 19.3. The Morgan fingerprint density at radius 1 is 1.43 bits per heavy atom. The number of carboxylic acid groups (broad SMARTS) is 1. The lowest BCUT2D eigenvalue weighted by Crippen LogP contribution is -2.44. The van der Waals surface area contributed by atoms with E-state index in [-0.39, 0.29) is 25.7 Å². The van der Waals surface area contributed by atoms with E-state index in [0.717, 1.165) is 12.8 Å². The number of nitrogens with one attached hydrogen (secondary N) is 1. The van der Waals surface area contributed by atoms with Crippen molar-refractivity contribution in [3.8, 4) is 0 Å². The van der Waals surface area contributed by atoms with Gasteiger partial charge in [0.05, 0.1) is 6.61 Å². The second kappa shape index (κ2) is 4.80. The van der Waals surface area contributed by atoms with Gasteiger partial charge in [-0.15, -0.1) is 0 Å². The maximum Gasteiger partial charge on any atom is 0.323 e. The molecule has 0 radical (unpaired) electrons. The minimum Gasteiger partial charge on any atom is -0.480 e. The van der Waals surface area contributed by atoms with E-state index in [9.17, 15) is 9.59 Å². The van der Waals surface area contributed by atoms with Crippen LogP contribution in [0, 0.1) is 0 Å². The zero-order valence-electron chi connectivity index (χ0n) is 7.77. The molecule has 6 nitrogen and oxygen atoms in total. The number of amides is 2. The second-order valence-corrected chi connectivity index (χ2v) is 3.20. The number of hydrogen-bond acceptors (Lipinski definition) is 3. The molecule has 2 amide bonds. The Morgan fingerprint density at radius 3 is 2.50 bits per heavy atom. The van der Waals surface area contributed by atoms with Crippen LogP contribution in [0.25, 0.3) is 0 Å². The zero-order valence-corrected chi connectivity index (χ0v) is 7.77. The van der Waals surface area contributed by atoms with Crippen molar-refractivity contribution >= 4 is 12.0 Å². The molecule has 0 aromatic carbocycles. The summed E-state index contributed by atoms with van der Waals surface area (Å²) in [6, 6.07) is -0.236. The van der Waals surface area contributed by atoms with Crippen LogP contribution in [0.4, 0.5) is 4.79 Å². The predicted molar refractivity (Wildman–Crippen MR) is 47.8 cm³/mol. The topological polar surface area (TPSA) is 89.9 Å². The van der Waals surface area contributed by atoms with Crippen molar-refractivity contribution in [2.45, 2.75) is 18.9 Å². The summed E-state index contributed by atoms with van der Waals surface area (Å²) in [5.41, 5.74) is 0. The number of aliphatic carboxylic acids is 1. The molecule has 1 aliphatic rings. The molecule has 80 valence electrons. The van der Waals surface area contributed by atoms with Crippen molar-refractivity contribution in [1.82, 2.24) is 10.2 Å². The van der Waals surface area contributed by atoms with E-state index in [0.29, 0.717) is 0 Å². The lowest BCUT2D eigenvalue weighted by atomic mass is 10.5. The second-order valence-electron chi connectivity index (χ2n) is 3.20. The lowest BCUT2D eigenvalue weighted by molar-refractivity contribution is -0.135. The smallest absolute Gasteiger partial charge is 0.323 e. The minimum atomic E-state index is -1.07. The summed E-state index contributed by atoms with van der Waals surface area (Å²) in [4.78, 5) is 23.0. The summed E-state index contributed by atoms with van der Waals surface area (Å²) in [6.45, 7) is -0.222. The fourth-order valence-electron chi connectivity index (χ4n) is 1.20. The first-order valence-corrected chi connectivity index (χ1v) is 4.52. The molecule has 0 spiro atoms. The molecule has 14 heavy (non-hydrogen) atoms. The third-order valence-corrected chi connectivity index (χ3v) is 1.98. The van der Waals surface area contributed by atoms with Crippen LogP contribution >= 0.6 is 0 Å². The summed E-state index contributed by atoms with van der Waals surface area (Å²) < 4.78 is 0. The third-order valence-electron chi connectivity index (χ3n) is 1.98. The highest BCUT2D eigenvalue weighted by molar-refractivity contribution is 5.80. The summed E-state index contributed by atoms with van der Waals surface area (Å²) >= 11 is 0. The Labute approximate surface area is 81.5 Å². The molecule has 1 saturated carbocycles. The van der Waals surface area contributed by atoms with Gasteiger partial charge in [-0.3, -0.25) is 4.79 Å². The molecule has 1 fully saturated rings. The highest BCUT2D eigenvalue weighted by Gasteiger charge is 2.32. The maximum atomic E-state index is 11.4. The van der Waals surface area contributed by atoms with Gasteiger partial charge in [0.2, 0.25) is 0 Å². The van der Waals surface area contributed by atoms with Crippen LogP contribution < -0.4 is 5.32 Å². The van der Waals surface area contributed by atoms with Crippen LogP contribution in [0.1, 0.15) is 12.8 Å². The van der Waals surface area contributed by atoms with Gasteiger partial charge >= 0.3 is 12.0 Å². The van der Waals surface area contributed by atoms with Crippen molar-refractivity contribution in [3.63, 3.8) is 0 Å². The quantitative estimate of drug-likeness (QED) is 0.546. The first kappa shape index (κ1) is 10.8. The van der Waals surface area contributed by atoms with Crippen LogP contribution in [-0.4, -0.2) is 52.9 Å². The molecule has 0 aromatic rings. The van der Waals surface area contributed by atoms with E-state index in [1.54, 1.807) is 0 Å². The lowest BCUT2D eigenvalue weighted by Gasteiger charge is -2.21. The van der Waals surface area contributed by atoms with Crippen LogP contribution in [0.2, 0.25) is 0 Å². The molecule has 0 aromatic heterocycles. The molecule has 0 bridgehead atoms. The number of carboxylic acids is 1. The van der Waals surface area contributed by atoms with Crippen molar-refractivity contribution in [2.24, 2.45) is 0 Å². The van der Waals surface area contributed by atoms with Crippen LogP contribution in [0.3, 0.4) is 0 Å². The van der Waals surface area contributed by atoms with Gasteiger partial charge in [0, 0.05) is 12.6 Å². The molecular formula is C8H14N2O4. The minimum absolute atomic E-state index is 0.100. The van der Waals surface area contributed by atoms with Gasteiger partial charge in [-0.25, -0.2) is 4.79 Å². The number of rotatable bonds is 5. The predicted octanol–water partition coefficient (Wildman–Crippen LogP) is -0.763. The SMILES string of the molecule is O=C(O)CNC(=O)N(CCO)C1CC1. The average Bonchev–Trinajstić information content (AvgIpc) is 2.93. The first-order valence-electron chi connectivity index (χ1n) is 4.52. The average molecular weight is 202 g/mol. The molecule has 0 atom stereocenters. The monoisotopic (exact) mass is 202 g/mol. The highest BCUT2D eigenvalue weighted by atomic mass is 16.4. The molecule has 3 N–H and O–H groups in total. The molecule has 0 unspecified atom stereocenters. The van der Waals surface area contributed by atoms with Crippen LogP contribution in [0.15, 0.2) is 0 Å². The molecule has 6 heteroatoms. The number of nitrogens with zero attached hydrogens (tertiary/aromatic N) is 1. The van der Waals surface area contributed by atoms with E-state index in [1.165, 1.54) is 4.90 Å². The van der Waals surface area contributed by atoms with Crippen molar-refractivity contribution in [3.05, 3.63) is 0 Å². The van der Waals surface area contributed by atoms with Crippen LogP contribution in [0.5, 0.6) is 0 Å². The largest absolute Gasteiger partial charge is 0.480 e. The fraction of sp³-hybridized carbons (Fsp3) is 0.750. The van der Waals surface area contributed by atoms with Gasteiger partial charge < -0.3 is 20.4 Å². The Bertz CT molecular complexity index is 227. The number of carbonyl (C=O) groups excluding carboxylic acids is 1. The Morgan fingerprint density at radius 2 is 2.07 bits per heavy atom. The van der Waals surface area contributed by atoms with E-state index < -0.39 is 12.0 Å². The molecule has 0 heterocycles. The standard InChI is InChI=1S/C8H14N2O4/c11-4-3-10(6-1-2-6)8(14)9-5-7(12)13/h6,11H,1-5H2,(H,9,14)(H,12,13). The van der Waals surface area contributed by atoms with E-state index in [1.807, 2.05) is 0 Å². The molecule has 1 aliphatic carbocycles. The van der Waals surface area contributed by atoms with Gasteiger partial charge in [0.25, 0.3) is 0 Å². The molecule has 0 saturated heterocycles. The highest BCUT2D eigenvalue weighted by Crippen LogP contribution is 2.26. The third kappa shape index (κ3) is 3.21. The first-order chi connectivity index (χ1) is 6.65. The Kier molecular flexibility index (Phi) is 3.70. The number of hydrogen-bond donors (Lipinski definition) is 3. The van der Waals surface area contributed by atoms with Crippen LogP contribution in [-0.2, 0) is 4.79 Å². The Balaban J connectivity index is 2.34. The van der Waals surface area contributed by atoms with Crippen molar-refractivity contribution in [1.29, 1.82) is 0 Å². The van der Waals surface area contributed by atoms with Gasteiger partial charge in [-0.1, -0.05) is 0 Å². The van der Waals surface area contributed by atoms with Crippen molar-refractivity contribution in [2.75, 3.05) is 19.7 Å². The molecule has 1 rings (SSSR count). The Hall–Kier alpha value is -1.30. The van der Waals surface area contributed by atoms with Gasteiger partial charge in [-0.05, 0) is 12.8 Å². The fourth-order valence-corrected chi connectivity index (χ4v) is 1.20.